The smallest absolute Gasteiger partial charge is 0.337 e. The average molecular weight is 383 g/mol. The van der Waals surface area contributed by atoms with E-state index in [-0.39, 0.29) is 5.56 Å². The molecule has 0 saturated heterocycles. The average Bonchev–Trinajstić information content (AvgIpc) is 2.70. The normalized spacial score (nSPS) is 10.1. The van der Waals surface area contributed by atoms with Gasteiger partial charge in [-0.15, -0.1) is 0 Å². The van der Waals surface area contributed by atoms with Crippen LogP contribution in [0.25, 0.3) is 0 Å². The van der Waals surface area contributed by atoms with E-state index in [4.69, 9.17) is 11.6 Å². The molecule has 0 fully saturated rings. The molecule has 8 heteroatoms. The van der Waals surface area contributed by atoms with Crippen molar-refractivity contribution in [2.75, 3.05) is 17.7 Å². The number of rotatable bonds is 5. The fraction of sp³-hybridized carbons (Fsp3) is 0.0526. The van der Waals surface area contributed by atoms with Crippen LogP contribution in [0.15, 0.2) is 60.9 Å². The number of ether oxygens (including phenoxy) is 1. The number of benzene rings is 2. The number of aromatic nitrogens is 2. The molecule has 1 amide bonds. The van der Waals surface area contributed by atoms with Crippen LogP contribution in [0.3, 0.4) is 0 Å². The Morgan fingerprint density at radius 3 is 2.44 bits per heavy atom. The molecule has 0 aliphatic heterocycles. The Labute approximate surface area is 160 Å². The van der Waals surface area contributed by atoms with Crippen LogP contribution in [-0.2, 0) is 4.74 Å². The van der Waals surface area contributed by atoms with Gasteiger partial charge < -0.3 is 15.4 Å². The highest BCUT2D eigenvalue weighted by Gasteiger charge is 2.11. The summed E-state index contributed by atoms with van der Waals surface area (Å²) in [5.41, 5.74) is 1.73. The first-order valence-corrected chi connectivity index (χ1v) is 8.28. The molecule has 0 atom stereocenters. The first-order chi connectivity index (χ1) is 13.1. The Balaban J connectivity index is 1.69. The van der Waals surface area contributed by atoms with Crippen LogP contribution in [0.2, 0.25) is 5.02 Å². The topological polar surface area (TPSA) is 93.2 Å². The molecule has 0 bridgehead atoms. The molecular weight excluding hydrogens is 368 g/mol. The van der Waals surface area contributed by atoms with Crippen molar-refractivity contribution in [3.05, 3.63) is 77.1 Å². The van der Waals surface area contributed by atoms with Crippen molar-refractivity contribution in [1.82, 2.24) is 9.97 Å². The highest BCUT2D eigenvalue weighted by molar-refractivity contribution is 6.33. The van der Waals surface area contributed by atoms with E-state index >= 15 is 0 Å². The number of nitrogens with zero attached hydrogens (tertiary/aromatic N) is 2. The number of methoxy groups -OCH3 is 1. The van der Waals surface area contributed by atoms with E-state index in [1.54, 1.807) is 30.3 Å². The fourth-order valence-electron chi connectivity index (χ4n) is 2.24. The number of esters is 1. The summed E-state index contributed by atoms with van der Waals surface area (Å²) in [5.74, 6) is -0.571. The zero-order chi connectivity index (χ0) is 19.2. The quantitative estimate of drug-likeness (QED) is 0.650. The van der Waals surface area contributed by atoms with Gasteiger partial charge in [0.2, 0.25) is 5.95 Å². The van der Waals surface area contributed by atoms with Crippen LogP contribution >= 0.6 is 11.6 Å². The zero-order valence-electron chi connectivity index (χ0n) is 14.3. The van der Waals surface area contributed by atoms with Gasteiger partial charge >= 0.3 is 5.97 Å². The summed E-state index contributed by atoms with van der Waals surface area (Å²) in [6, 6.07) is 13.6. The summed E-state index contributed by atoms with van der Waals surface area (Å²) in [7, 11) is 1.29. The maximum atomic E-state index is 12.3. The number of para-hydroxylation sites is 1. The van der Waals surface area contributed by atoms with Crippen LogP contribution in [-0.4, -0.2) is 29.0 Å². The van der Waals surface area contributed by atoms with Crippen LogP contribution in [0, 0.1) is 0 Å². The standard InChI is InChI=1S/C19H15ClN4O3/c1-27-18(26)12-5-4-6-14(9-12)23-17(25)13-10-21-19(22-11-13)24-16-8-3-2-7-15(16)20/h2-11H,1H3,(H,23,25)(H,21,22,24). The van der Waals surface area contributed by atoms with E-state index < -0.39 is 11.9 Å². The van der Waals surface area contributed by atoms with E-state index in [2.05, 4.69) is 25.3 Å². The maximum absolute atomic E-state index is 12.3. The van der Waals surface area contributed by atoms with Gasteiger partial charge in [0.05, 0.1) is 28.9 Å². The Hall–Kier alpha value is -3.45. The number of nitrogens with one attached hydrogen (secondary N) is 2. The molecule has 0 aliphatic carbocycles. The Kier molecular flexibility index (Phi) is 5.63. The molecule has 27 heavy (non-hydrogen) atoms. The summed E-state index contributed by atoms with van der Waals surface area (Å²) in [5, 5.41) is 6.20. The molecule has 3 rings (SSSR count). The van der Waals surface area contributed by atoms with Crippen LogP contribution in [0.5, 0.6) is 0 Å². The van der Waals surface area contributed by atoms with Gasteiger partial charge in [0.1, 0.15) is 0 Å². The minimum absolute atomic E-state index is 0.267. The number of carbonyl (C=O) groups excluding carboxylic acids is 2. The van der Waals surface area contributed by atoms with Gasteiger partial charge in [0.15, 0.2) is 0 Å². The zero-order valence-corrected chi connectivity index (χ0v) is 15.0. The Morgan fingerprint density at radius 2 is 1.74 bits per heavy atom. The summed E-state index contributed by atoms with van der Waals surface area (Å²) >= 11 is 6.08. The van der Waals surface area contributed by atoms with Crippen molar-refractivity contribution in [2.24, 2.45) is 0 Å². The van der Waals surface area contributed by atoms with Crippen LogP contribution in [0.1, 0.15) is 20.7 Å². The Bertz CT molecular complexity index is 977. The van der Waals surface area contributed by atoms with E-state index in [0.29, 0.717) is 27.9 Å². The lowest BCUT2D eigenvalue weighted by atomic mass is 10.2. The lowest BCUT2D eigenvalue weighted by molar-refractivity contribution is 0.0600. The van der Waals surface area contributed by atoms with Gasteiger partial charge in [-0.3, -0.25) is 4.79 Å². The molecule has 1 aromatic heterocycles. The molecule has 0 saturated carbocycles. The van der Waals surface area contributed by atoms with Crippen molar-refractivity contribution in [1.29, 1.82) is 0 Å². The minimum Gasteiger partial charge on any atom is -0.465 e. The summed E-state index contributed by atoms with van der Waals surface area (Å²) in [4.78, 5) is 32.1. The second-order valence-electron chi connectivity index (χ2n) is 5.43. The van der Waals surface area contributed by atoms with Gasteiger partial charge in [-0.2, -0.15) is 0 Å². The molecule has 2 aromatic carbocycles. The summed E-state index contributed by atoms with van der Waals surface area (Å²) in [6.07, 6.45) is 2.79. The molecule has 1 heterocycles. The first kappa shape index (κ1) is 18.3. The number of carbonyl (C=O) groups is 2. The second-order valence-corrected chi connectivity index (χ2v) is 5.83. The number of hydrogen-bond acceptors (Lipinski definition) is 6. The third-order valence-electron chi connectivity index (χ3n) is 3.58. The predicted octanol–water partition coefficient (Wildman–Crippen LogP) is 3.91. The van der Waals surface area contributed by atoms with Gasteiger partial charge in [-0.1, -0.05) is 29.8 Å². The van der Waals surface area contributed by atoms with Gasteiger partial charge in [-0.25, -0.2) is 14.8 Å². The largest absolute Gasteiger partial charge is 0.465 e. The number of hydrogen-bond donors (Lipinski definition) is 2. The molecule has 7 nitrogen and oxygen atoms in total. The van der Waals surface area contributed by atoms with E-state index in [0.717, 1.165) is 0 Å². The van der Waals surface area contributed by atoms with Gasteiger partial charge in [-0.05, 0) is 30.3 Å². The highest BCUT2D eigenvalue weighted by atomic mass is 35.5. The van der Waals surface area contributed by atoms with E-state index in [9.17, 15) is 9.59 Å². The number of halogens is 1. The molecule has 2 N–H and O–H groups in total. The molecule has 136 valence electrons. The fourth-order valence-corrected chi connectivity index (χ4v) is 2.42. The molecule has 0 aliphatic rings. The number of anilines is 3. The molecular formula is C19H15ClN4O3. The Morgan fingerprint density at radius 1 is 1.00 bits per heavy atom. The van der Waals surface area contributed by atoms with Crippen molar-refractivity contribution in [2.45, 2.75) is 0 Å². The van der Waals surface area contributed by atoms with E-state index in [1.165, 1.54) is 25.6 Å². The highest BCUT2D eigenvalue weighted by Crippen LogP contribution is 2.23. The van der Waals surface area contributed by atoms with E-state index in [1.807, 2.05) is 12.1 Å². The number of amides is 1. The molecule has 0 spiro atoms. The first-order valence-electron chi connectivity index (χ1n) is 7.90. The molecule has 0 unspecified atom stereocenters. The van der Waals surface area contributed by atoms with Gasteiger partial charge in [0, 0.05) is 18.1 Å². The minimum atomic E-state index is -0.482. The lowest BCUT2D eigenvalue weighted by Crippen LogP contribution is -2.13. The monoisotopic (exact) mass is 382 g/mol. The predicted molar refractivity (Wildman–Crippen MR) is 103 cm³/mol. The van der Waals surface area contributed by atoms with Crippen molar-refractivity contribution in [3.63, 3.8) is 0 Å². The maximum Gasteiger partial charge on any atom is 0.337 e. The molecule has 3 aromatic rings. The van der Waals surface area contributed by atoms with Crippen LogP contribution < -0.4 is 10.6 Å². The summed E-state index contributed by atoms with van der Waals surface area (Å²) < 4.78 is 4.66. The van der Waals surface area contributed by atoms with Gasteiger partial charge in [0.25, 0.3) is 5.91 Å². The SMILES string of the molecule is COC(=O)c1cccc(NC(=O)c2cnc(Nc3ccccc3Cl)nc2)c1. The van der Waals surface area contributed by atoms with Crippen molar-refractivity contribution in [3.8, 4) is 0 Å². The lowest BCUT2D eigenvalue weighted by Gasteiger charge is -2.08. The van der Waals surface area contributed by atoms with Crippen LogP contribution in [0.4, 0.5) is 17.3 Å². The van der Waals surface area contributed by atoms with Crippen molar-refractivity contribution < 1.29 is 14.3 Å². The second kappa shape index (κ2) is 8.29. The summed E-state index contributed by atoms with van der Waals surface area (Å²) in [6.45, 7) is 0. The van der Waals surface area contributed by atoms with Crippen molar-refractivity contribution >= 4 is 40.8 Å². The third-order valence-corrected chi connectivity index (χ3v) is 3.91. The molecule has 0 radical (unpaired) electrons. The third kappa shape index (κ3) is 4.59.